The van der Waals surface area contributed by atoms with Crippen LogP contribution in [-0.4, -0.2) is 41.5 Å². The Morgan fingerprint density at radius 2 is 1.81 bits per heavy atom. The highest BCUT2D eigenvalue weighted by Crippen LogP contribution is 2.31. The smallest absolute Gasteiger partial charge is 0.270 e. The molecule has 0 bridgehead atoms. The molecule has 0 radical (unpaired) electrons. The number of carbonyl (C=O) groups is 2. The molecule has 182 valence electrons. The molecule has 1 N–H and O–H groups in total. The zero-order chi connectivity index (χ0) is 25.6. The van der Waals surface area contributed by atoms with Crippen molar-refractivity contribution in [1.82, 2.24) is 15.3 Å². The van der Waals surface area contributed by atoms with Crippen LogP contribution in [0.3, 0.4) is 0 Å². The van der Waals surface area contributed by atoms with Gasteiger partial charge in [-0.3, -0.25) is 14.6 Å². The summed E-state index contributed by atoms with van der Waals surface area (Å²) in [7, 11) is 1.64. The minimum atomic E-state index is -0.909. The first-order valence-electron chi connectivity index (χ1n) is 11.5. The number of hydrogen-bond acceptors (Lipinski definition) is 6. The van der Waals surface area contributed by atoms with Gasteiger partial charge in [-0.05, 0) is 54.5 Å². The predicted molar refractivity (Wildman–Crippen MR) is 138 cm³/mol. The van der Waals surface area contributed by atoms with Crippen molar-refractivity contribution in [3.63, 3.8) is 0 Å². The Hall–Kier alpha value is -5.16. The summed E-state index contributed by atoms with van der Waals surface area (Å²) in [6, 6.07) is 22.4. The average Bonchev–Trinajstić information content (AvgIpc) is 3.05. The third-order valence-electron chi connectivity index (χ3n) is 5.60. The van der Waals surface area contributed by atoms with Crippen LogP contribution >= 0.6 is 0 Å². The molecule has 0 spiro atoms. The SMILES string of the molecule is CN1C(=O)[C@H](NC(=O)c2cc(Oc3ccccc3)ccn2)COc2cc(C#Cc3ccccn3)ccc21. The molecule has 2 amide bonds. The van der Waals surface area contributed by atoms with E-state index in [9.17, 15) is 9.59 Å². The fourth-order valence-corrected chi connectivity index (χ4v) is 3.71. The molecule has 1 aliphatic heterocycles. The first-order valence-corrected chi connectivity index (χ1v) is 11.5. The van der Waals surface area contributed by atoms with Gasteiger partial charge in [0.25, 0.3) is 11.8 Å². The molecule has 1 aliphatic rings. The molecule has 4 aromatic rings. The first-order chi connectivity index (χ1) is 18.1. The summed E-state index contributed by atoms with van der Waals surface area (Å²) in [6.07, 6.45) is 3.16. The van der Waals surface area contributed by atoms with E-state index in [1.54, 1.807) is 31.4 Å². The van der Waals surface area contributed by atoms with Crippen LogP contribution in [0.1, 0.15) is 21.7 Å². The topological polar surface area (TPSA) is 93.7 Å². The number of rotatable bonds is 4. The number of ether oxygens (including phenoxy) is 2. The fourth-order valence-electron chi connectivity index (χ4n) is 3.71. The number of pyridine rings is 2. The van der Waals surface area contributed by atoms with Gasteiger partial charge < -0.3 is 19.7 Å². The number of benzene rings is 2. The predicted octanol–water partition coefficient (Wildman–Crippen LogP) is 3.82. The molecule has 37 heavy (non-hydrogen) atoms. The quantitative estimate of drug-likeness (QED) is 0.437. The normalized spacial score (nSPS) is 14.4. The van der Waals surface area contributed by atoms with E-state index in [4.69, 9.17) is 9.47 Å². The average molecular weight is 491 g/mol. The van der Waals surface area contributed by atoms with Gasteiger partial charge in [0.15, 0.2) is 0 Å². The third-order valence-corrected chi connectivity index (χ3v) is 5.60. The van der Waals surface area contributed by atoms with Crippen molar-refractivity contribution in [2.45, 2.75) is 6.04 Å². The number of fused-ring (bicyclic) bond motifs is 1. The number of nitrogens with one attached hydrogen (secondary N) is 1. The fraction of sp³-hybridized carbons (Fsp3) is 0.103. The largest absolute Gasteiger partial charge is 0.489 e. The summed E-state index contributed by atoms with van der Waals surface area (Å²) in [5.41, 5.74) is 2.08. The lowest BCUT2D eigenvalue weighted by molar-refractivity contribution is -0.120. The number of nitrogens with zero attached hydrogens (tertiary/aromatic N) is 3. The van der Waals surface area contributed by atoms with Crippen LogP contribution in [0.5, 0.6) is 17.2 Å². The van der Waals surface area contributed by atoms with Crippen molar-refractivity contribution in [2.24, 2.45) is 0 Å². The Balaban J connectivity index is 1.29. The van der Waals surface area contributed by atoms with Crippen molar-refractivity contribution in [3.8, 4) is 29.1 Å². The maximum Gasteiger partial charge on any atom is 0.270 e. The number of carbonyl (C=O) groups excluding carboxylic acids is 2. The summed E-state index contributed by atoms with van der Waals surface area (Å²) in [5, 5.41) is 2.73. The van der Waals surface area contributed by atoms with E-state index in [1.807, 2.05) is 54.6 Å². The van der Waals surface area contributed by atoms with E-state index in [0.717, 1.165) is 0 Å². The highest BCUT2D eigenvalue weighted by molar-refractivity contribution is 6.03. The van der Waals surface area contributed by atoms with E-state index < -0.39 is 11.9 Å². The van der Waals surface area contributed by atoms with Gasteiger partial charge in [0.2, 0.25) is 0 Å². The van der Waals surface area contributed by atoms with Crippen LogP contribution in [0.2, 0.25) is 0 Å². The molecule has 2 aromatic heterocycles. The molecular weight excluding hydrogens is 468 g/mol. The van der Waals surface area contributed by atoms with Crippen LogP contribution in [0, 0.1) is 11.8 Å². The minimum absolute atomic E-state index is 0.0424. The van der Waals surface area contributed by atoms with Crippen LogP contribution in [0.15, 0.2) is 91.3 Å². The van der Waals surface area contributed by atoms with Gasteiger partial charge in [0.05, 0.1) is 5.69 Å². The lowest BCUT2D eigenvalue weighted by atomic mass is 10.1. The zero-order valence-electron chi connectivity index (χ0n) is 19.9. The zero-order valence-corrected chi connectivity index (χ0v) is 19.9. The maximum absolute atomic E-state index is 13.1. The molecule has 8 heteroatoms. The summed E-state index contributed by atoms with van der Waals surface area (Å²) in [4.78, 5) is 35.9. The molecule has 0 saturated heterocycles. The number of aromatic nitrogens is 2. The molecule has 0 saturated carbocycles. The van der Waals surface area contributed by atoms with E-state index >= 15 is 0 Å². The van der Waals surface area contributed by atoms with E-state index in [2.05, 4.69) is 27.1 Å². The van der Waals surface area contributed by atoms with Crippen molar-refractivity contribution in [1.29, 1.82) is 0 Å². The molecule has 5 rings (SSSR count). The van der Waals surface area contributed by atoms with Crippen molar-refractivity contribution in [3.05, 3.63) is 108 Å². The van der Waals surface area contributed by atoms with Gasteiger partial charge in [-0.2, -0.15) is 0 Å². The van der Waals surface area contributed by atoms with Gasteiger partial charge in [0, 0.05) is 31.1 Å². The van der Waals surface area contributed by atoms with E-state index in [0.29, 0.717) is 34.2 Å². The molecule has 1 atom stereocenters. The van der Waals surface area contributed by atoms with Gasteiger partial charge in [-0.1, -0.05) is 30.2 Å². The summed E-state index contributed by atoms with van der Waals surface area (Å²) >= 11 is 0. The van der Waals surface area contributed by atoms with Gasteiger partial charge in [-0.15, -0.1) is 0 Å². The van der Waals surface area contributed by atoms with Crippen LogP contribution < -0.4 is 19.7 Å². The Kier molecular flexibility index (Phi) is 6.77. The van der Waals surface area contributed by atoms with Gasteiger partial charge in [0.1, 0.15) is 41.3 Å². The minimum Gasteiger partial charge on any atom is -0.489 e. The van der Waals surface area contributed by atoms with E-state index in [-0.39, 0.29) is 18.2 Å². The standard InChI is InChI=1S/C29H22N4O4/c1-33-26-13-11-20(10-12-21-7-5-6-15-30-21)17-27(26)36-19-25(29(33)35)32-28(34)24-18-23(14-16-31-24)37-22-8-3-2-4-9-22/h2-9,11,13-18,25H,19H2,1H3,(H,32,34)/t25-/m1/s1. The van der Waals surface area contributed by atoms with Crippen molar-refractivity contribution in [2.75, 3.05) is 18.6 Å². The van der Waals surface area contributed by atoms with Gasteiger partial charge in [-0.25, -0.2) is 4.98 Å². The molecule has 0 unspecified atom stereocenters. The molecule has 0 aliphatic carbocycles. The van der Waals surface area contributed by atoms with Gasteiger partial charge >= 0.3 is 0 Å². The monoisotopic (exact) mass is 490 g/mol. The maximum atomic E-state index is 13.1. The lowest BCUT2D eigenvalue weighted by Crippen LogP contribution is -2.49. The number of para-hydroxylation sites is 1. The number of hydrogen-bond donors (Lipinski definition) is 1. The summed E-state index contributed by atoms with van der Waals surface area (Å²) in [6.45, 7) is -0.0424. The highest BCUT2D eigenvalue weighted by Gasteiger charge is 2.31. The van der Waals surface area contributed by atoms with Crippen LogP contribution in [0.4, 0.5) is 5.69 Å². The van der Waals surface area contributed by atoms with E-state index in [1.165, 1.54) is 17.2 Å². The molecular formula is C29H22N4O4. The summed E-state index contributed by atoms with van der Waals surface area (Å²) in [5.74, 6) is 6.83. The van der Waals surface area contributed by atoms with Crippen molar-refractivity contribution < 1.29 is 19.1 Å². The summed E-state index contributed by atoms with van der Waals surface area (Å²) < 4.78 is 11.7. The molecule has 2 aromatic carbocycles. The molecule has 3 heterocycles. The third kappa shape index (κ3) is 5.57. The molecule has 0 fully saturated rings. The lowest BCUT2D eigenvalue weighted by Gasteiger charge is -2.20. The Bertz CT molecular complexity index is 1500. The second kappa shape index (κ2) is 10.6. The Morgan fingerprint density at radius 3 is 2.62 bits per heavy atom. The number of anilines is 1. The Morgan fingerprint density at radius 1 is 0.973 bits per heavy atom. The second-order valence-corrected chi connectivity index (χ2v) is 8.17. The highest BCUT2D eigenvalue weighted by atomic mass is 16.5. The van der Waals surface area contributed by atoms with Crippen LogP contribution in [0.25, 0.3) is 0 Å². The number of likely N-dealkylation sites (N-methyl/N-ethyl adjacent to an activating group) is 1. The van der Waals surface area contributed by atoms with Crippen molar-refractivity contribution >= 4 is 17.5 Å². The second-order valence-electron chi connectivity index (χ2n) is 8.17. The first kappa shape index (κ1) is 23.6. The number of amides is 2. The molecule has 8 nitrogen and oxygen atoms in total. The Labute approximate surface area is 213 Å². The van der Waals surface area contributed by atoms with Crippen LogP contribution in [-0.2, 0) is 4.79 Å².